The molecule has 3 amide bonds. The highest BCUT2D eigenvalue weighted by molar-refractivity contribution is 5.86. The van der Waals surface area contributed by atoms with Gasteiger partial charge in [0.25, 0.3) is 0 Å². The summed E-state index contributed by atoms with van der Waals surface area (Å²) in [6.07, 6.45) is 0.714. The Morgan fingerprint density at radius 1 is 1.09 bits per heavy atom. The van der Waals surface area contributed by atoms with Crippen LogP contribution in [0.1, 0.15) is 43.2 Å². The van der Waals surface area contributed by atoms with Crippen molar-refractivity contribution in [3.05, 3.63) is 82.7 Å². The highest BCUT2D eigenvalue weighted by Gasteiger charge is 2.22. The van der Waals surface area contributed by atoms with Crippen molar-refractivity contribution < 1.29 is 23.1 Å². The first kappa shape index (κ1) is 25.6. The first-order chi connectivity index (χ1) is 16.4. The lowest BCUT2D eigenvalue weighted by Crippen LogP contribution is -2.29. The van der Waals surface area contributed by atoms with Crippen molar-refractivity contribution in [2.24, 2.45) is 5.73 Å². The normalized spacial score (nSPS) is 11.1. The molecule has 3 rings (SSSR count). The van der Waals surface area contributed by atoms with E-state index in [9.17, 15) is 14.0 Å². The second-order valence-corrected chi connectivity index (χ2v) is 9.07. The van der Waals surface area contributed by atoms with E-state index in [0.29, 0.717) is 16.8 Å². The van der Waals surface area contributed by atoms with E-state index in [1.165, 1.54) is 12.1 Å². The van der Waals surface area contributed by atoms with Crippen LogP contribution in [0.25, 0.3) is 11.1 Å². The van der Waals surface area contributed by atoms with Crippen LogP contribution < -0.4 is 16.4 Å². The van der Waals surface area contributed by atoms with Crippen molar-refractivity contribution in [1.82, 2.24) is 10.3 Å². The third-order valence-corrected chi connectivity index (χ3v) is 5.03. The maximum atomic E-state index is 15.9. The number of primary amides is 1. The molecular weight excluding hydrogens is 454 g/mol. The zero-order chi connectivity index (χ0) is 25.8. The number of urea groups is 1. The Kier molecular flexibility index (Phi) is 7.68. The lowest BCUT2D eigenvalue weighted by molar-refractivity contribution is 0.0635. The Labute approximate surface area is 202 Å². The van der Waals surface area contributed by atoms with Crippen molar-refractivity contribution in [2.75, 3.05) is 5.32 Å². The van der Waals surface area contributed by atoms with Gasteiger partial charge in [-0.3, -0.25) is 10.3 Å². The number of hydrogen-bond acceptors (Lipinski definition) is 4. The van der Waals surface area contributed by atoms with Gasteiger partial charge in [-0.15, -0.1) is 0 Å². The number of pyridine rings is 1. The number of rotatable bonds is 6. The Morgan fingerprint density at radius 3 is 2.46 bits per heavy atom. The average Bonchev–Trinajstić information content (AvgIpc) is 2.75. The molecule has 0 bridgehead atoms. The van der Waals surface area contributed by atoms with Crippen molar-refractivity contribution in [3.63, 3.8) is 0 Å². The van der Waals surface area contributed by atoms with E-state index < -0.39 is 29.4 Å². The van der Waals surface area contributed by atoms with E-state index in [2.05, 4.69) is 15.6 Å². The molecule has 184 valence electrons. The predicted octanol–water partition coefficient (Wildman–Crippen LogP) is 5.44. The summed E-state index contributed by atoms with van der Waals surface area (Å²) in [5.41, 5.74) is 7.01. The monoisotopic (exact) mass is 482 g/mol. The number of hydrogen-bond donors (Lipinski definition) is 3. The summed E-state index contributed by atoms with van der Waals surface area (Å²) < 4.78 is 35.6. The fraction of sp³-hybridized carbons (Fsp3) is 0.269. The minimum absolute atomic E-state index is 0.0175. The number of aryl methyl sites for hydroxylation is 1. The Morgan fingerprint density at radius 2 is 1.80 bits per heavy atom. The number of nitrogens with zero attached hydrogens (tertiary/aromatic N) is 1. The largest absolute Gasteiger partial charge is 0.444 e. The molecule has 0 radical (unpaired) electrons. The molecule has 0 aliphatic carbocycles. The summed E-state index contributed by atoms with van der Waals surface area (Å²) in [5, 5.41) is 4.93. The first-order valence-corrected chi connectivity index (χ1v) is 11.0. The topological polar surface area (TPSA) is 106 Å². The van der Waals surface area contributed by atoms with Crippen molar-refractivity contribution >= 4 is 17.8 Å². The zero-order valence-corrected chi connectivity index (χ0v) is 20.0. The van der Waals surface area contributed by atoms with Gasteiger partial charge in [-0.1, -0.05) is 24.3 Å². The Bertz CT molecular complexity index is 1260. The standard InChI is InChI=1S/C26H28F2N4O3/c1-15-11-18(22(30-13-15)14-31-24(29)33)17-9-10-21(32-25(34)35-26(2,3)4)23(28)19(17)12-16-7-5-6-8-20(16)27/h5-11,13H,12,14H2,1-4H3,(H,32,34)(H3,29,31,33). The van der Waals surface area contributed by atoms with Gasteiger partial charge in [0.2, 0.25) is 0 Å². The number of carbonyl (C=O) groups excluding carboxylic acids is 2. The molecule has 1 aromatic heterocycles. The van der Waals surface area contributed by atoms with Gasteiger partial charge in [0, 0.05) is 23.7 Å². The number of ether oxygens (including phenoxy) is 1. The third-order valence-electron chi connectivity index (χ3n) is 5.03. The lowest BCUT2D eigenvalue weighted by atomic mass is 9.92. The summed E-state index contributed by atoms with van der Waals surface area (Å²) in [7, 11) is 0. The summed E-state index contributed by atoms with van der Waals surface area (Å²) >= 11 is 0. The molecule has 1 heterocycles. The van der Waals surface area contributed by atoms with Gasteiger partial charge in [0.05, 0.1) is 17.9 Å². The van der Waals surface area contributed by atoms with Crippen LogP contribution in [0.15, 0.2) is 48.7 Å². The van der Waals surface area contributed by atoms with Gasteiger partial charge in [-0.25, -0.2) is 18.4 Å². The van der Waals surface area contributed by atoms with E-state index in [1.54, 1.807) is 57.3 Å². The number of aromatic nitrogens is 1. The van der Waals surface area contributed by atoms with Gasteiger partial charge in [-0.2, -0.15) is 0 Å². The summed E-state index contributed by atoms with van der Waals surface area (Å²) in [6.45, 7) is 6.93. The van der Waals surface area contributed by atoms with Crippen molar-refractivity contribution in [3.8, 4) is 11.1 Å². The van der Waals surface area contributed by atoms with Gasteiger partial charge in [-0.05, 0) is 62.6 Å². The Balaban J connectivity index is 2.14. The predicted molar refractivity (Wildman–Crippen MR) is 130 cm³/mol. The molecule has 3 aromatic rings. The van der Waals surface area contributed by atoms with Gasteiger partial charge < -0.3 is 15.8 Å². The van der Waals surface area contributed by atoms with Crippen LogP contribution in [0.5, 0.6) is 0 Å². The number of carbonyl (C=O) groups is 2. The molecule has 0 aliphatic heterocycles. The van der Waals surface area contributed by atoms with Crippen LogP contribution >= 0.6 is 0 Å². The van der Waals surface area contributed by atoms with Gasteiger partial charge in [0.15, 0.2) is 5.82 Å². The van der Waals surface area contributed by atoms with Crippen molar-refractivity contribution in [2.45, 2.75) is 46.3 Å². The number of anilines is 1. The molecule has 0 spiro atoms. The summed E-state index contributed by atoms with van der Waals surface area (Å²) in [4.78, 5) is 27.9. The van der Waals surface area contributed by atoms with Crippen molar-refractivity contribution in [1.29, 1.82) is 0 Å². The number of halogens is 2. The minimum atomic E-state index is -0.815. The molecular formula is C26H28F2N4O3. The van der Waals surface area contributed by atoms with Gasteiger partial charge >= 0.3 is 12.1 Å². The van der Waals surface area contributed by atoms with E-state index in [1.807, 2.05) is 6.92 Å². The van der Waals surface area contributed by atoms with Crippen LogP contribution in [0.2, 0.25) is 0 Å². The number of benzene rings is 2. The van der Waals surface area contributed by atoms with Crippen LogP contribution in [0.3, 0.4) is 0 Å². The molecule has 0 saturated heterocycles. The smallest absolute Gasteiger partial charge is 0.412 e. The average molecular weight is 483 g/mol. The lowest BCUT2D eigenvalue weighted by Gasteiger charge is -2.21. The molecule has 2 aromatic carbocycles. The van der Waals surface area contributed by atoms with Gasteiger partial charge in [0.1, 0.15) is 11.4 Å². The fourth-order valence-corrected chi connectivity index (χ4v) is 3.53. The van der Waals surface area contributed by atoms with E-state index in [0.717, 1.165) is 5.56 Å². The highest BCUT2D eigenvalue weighted by Crippen LogP contribution is 2.34. The van der Waals surface area contributed by atoms with E-state index in [-0.39, 0.29) is 29.8 Å². The third kappa shape index (κ3) is 6.75. The molecule has 7 nitrogen and oxygen atoms in total. The van der Waals surface area contributed by atoms with Crippen LogP contribution in [0, 0.1) is 18.6 Å². The minimum Gasteiger partial charge on any atom is -0.444 e. The highest BCUT2D eigenvalue weighted by atomic mass is 19.1. The maximum absolute atomic E-state index is 15.9. The molecule has 0 atom stereocenters. The van der Waals surface area contributed by atoms with Crippen LogP contribution in [-0.4, -0.2) is 22.7 Å². The molecule has 0 saturated carbocycles. The fourth-order valence-electron chi connectivity index (χ4n) is 3.53. The maximum Gasteiger partial charge on any atom is 0.412 e. The quantitative estimate of drug-likeness (QED) is 0.435. The molecule has 9 heteroatoms. The van der Waals surface area contributed by atoms with E-state index in [4.69, 9.17) is 10.5 Å². The SMILES string of the molecule is Cc1cnc(CNC(N)=O)c(-c2ccc(NC(=O)OC(C)(C)C)c(F)c2Cc2ccccc2F)c1. The molecule has 0 fully saturated rings. The first-order valence-electron chi connectivity index (χ1n) is 11.0. The number of nitrogens with one attached hydrogen (secondary N) is 2. The molecule has 35 heavy (non-hydrogen) atoms. The Hall–Kier alpha value is -4.01. The number of nitrogens with two attached hydrogens (primary N) is 1. The second kappa shape index (κ2) is 10.5. The van der Waals surface area contributed by atoms with Crippen LogP contribution in [0.4, 0.5) is 24.1 Å². The summed E-state index contributed by atoms with van der Waals surface area (Å²) in [6, 6.07) is 10.2. The van der Waals surface area contributed by atoms with E-state index >= 15 is 4.39 Å². The molecule has 0 unspecified atom stereocenters. The molecule has 0 aliphatic rings. The summed E-state index contributed by atoms with van der Waals surface area (Å²) in [5.74, 6) is -1.21. The number of amides is 3. The molecule has 4 N–H and O–H groups in total. The zero-order valence-electron chi connectivity index (χ0n) is 20.0. The second-order valence-electron chi connectivity index (χ2n) is 9.07. The van der Waals surface area contributed by atoms with Crippen LogP contribution in [-0.2, 0) is 17.7 Å².